The fourth-order valence-corrected chi connectivity index (χ4v) is 2.50. The highest BCUT2D eigenvalue weighted by atomic mass is 16.4. The lowest BCUT2D eigenvalue weighted by Gasteiger charge is -2.24. The lowest BCUT2D eigenvalue weighted by Crippen LogP contribution is -2.44. The number of benzene rings is 1. The molecule has 3 N–H and O–H groups in total. The third kappa shape index (κ3) is 2.65. The first-order chi connectivity index (χ1) is 10.1. The normalized spacial score (nSPS) is 18.3. The topological polar surface area (TPSA) is 91.3 Å². The maximum Gasteiger partial charge on any atom is 0.354 e. The van der Waals surface area contributed by atoms with Gasteiger partial charge < -0.3 is 15.7 Å². The third-order valence-corrected chi connectivity index (χ3v) is 3.55. The average Bonchev–Trinajstić information content (AvgIpc) is 2.49. The molecule has 0 radical (unpaired) electrons. The summed E-state index contributed by atoms with van der Waals surface area (Å²) in [4.78, 5) is 27.1. The molecule has 1 aromatic heterocycles. The van der Waals surface area contributed by atoms with Crippen molar-refractivity contribution in [2.24, 2.45) is 0 Å². The molecule has 1 unspecified atom stereocenters. The Balaban J connectivity index is 2.03. The Hall–Kier alpha value is -2.63. The van der Waals surface area contributed by atoms with Gasteiger partial charge in [-0.2, -0.15) is 0 Å². The number of fused-ring (bicyclic) bond motifs is 1. The molecule has 1 aliphatic heterocycles. The SMILES string of the molecule is O=C(O)c1cc(NC2CCCNC2=O)c2ccccc2n1. The zero-order valence-corrected chi connectivity index (χ0v) is 11.3. The van der Waals surface area contributed by atoms with Crippen LogP contribution < -0.4 is 10.6 Å². The largest absolute Gasteiger partial charge is 0.477 e. The number of aromatic carboxylic acids is 1. The molecule has 1 saturated heterocycles. The summed E-state index contributed by atoms with van der Waals surface area (Å²) in [5.74, 6) is -1.14. The molecule has 21 heavy (non-hydrogen) atoms. The fourth-order valence-electron chi connectivity index (χ4n) is 2.50. The zero-order valence-electron chi connectivity index (χ0n) is 11.3. The van der Waals surface area contributed by atoms with E-state index in [0.29, 0.717) is 17.7 Å². The van der Waals surface area contributed by atoms with Crippen LogP contribution in [-0.2, 0) is 4.79 Å². The maximum absolute atomic E-state index is 11.8. The summed E-state index contributed by atoms with van der Waals surface area (Å²) in [5, 5.41) is 15.9. The number of carboxylic acids is 1. The number of hydrogen-bond acceptors (Lipinski definition) is 4. The number of nitrogens with zero attached hydrogens (tertiary/aromatic N) is 1. The van der Waals surface area contributed by atoms with Crippen molar-refractivity contribution in [3.63, 3.8) is 0 Å². The molecule has 0 saturated carbocycles. The van der Waals surface area contributed by atoms with Crippen molar-refractivity contribution in [3.05, 3.63) is 36.0 Å². The van der Waals surface area contributed by atoms with Crippen LogP contribution in [-0.4, -0.2) is 34.6 Å². The minimum Gasteiger partial charge on any atom is -0.477 e. The van der Waals surface area contributed by atoms with E-state index < -0.39 is 5.97 Å². The number of hydrogen-bond donors (Lipinski definition) is 3. The van der Waals surface area contributed by atoms with Crippen molar-refractivity contribution in [2.75, 3.05) is 11.9 Å². The monoisotopic (exact) mass is 285 g/mol. The number of aromatic nitrogens is 1. The van der Waals surface area contributed by atoms with Crippen molar-refractivity contribution < 1.29 is 14.7 Å². The quantitative estimate of drug-likeness (QED) is 0.797. The summed E-state index contributed by atoms with van der Waals surface area (Å²) in [6.45, 7) is 0.689. The van der Waals surface area contributed by atoms with Crippen LogP contribution in [0.5, 0.6) is 0 Å². The van der Waals surface area contributed by atoms with Crippen LogP contribution in [0.1, 0.15) is 23.3 Å². The predicted molar refractivity (Wildman–Crippen MR) is 78.4 cm³/mol. The molecule has 6 nitrogen and oxygen atoms in total. The first-order valence-corrected chi connectivity index (χ1v) is 6.82. The van der Waals surface area contributed by atoms with E-state index in [1.165, 1.54) is 6.07 Å². The molecule has 1 fully saturated rings. The summed E-state index contributed by atoms with van der Waals surface area (Å²) >= 11 is 0. The van der Waals surface area contributed by atoms with Crippen LogP contribution in [0.15, 0.2) is 30.3 Å². The minimum absolute atomic E-state index is 0.0348. The van der Waals surface area contributed by atoms with E-state index in [1.807, 2.05) is 12.1 Å². The van der Waals surface area contributed by atoms with Gasteiger partial charge >= 0.3 is 5.97 Å². The van der Waals surface area contributed by atoms with Gasteiger partial charge in [0.1, 0.15) is 6.04 Å². The Kier molecular flexibility index (Phi) is 3.43. The maximum atomic E-state index is 11.8. The Bertz CT molecular complexity index is 714. The molecule has 1 aromatic carbocycles. The van der Waals surface area contributed by atoms with Gasteiger partial charge in [0.2, 0.25) is 5.91 Å². The van der Waals surface area contributed by atoms with Crippen LogP contribution in [0.3, 0.4) is 0 Å². The van der Waals surface area contributed by atoms with Crippen molar-refractivity contribution in [1.29, 1.82) is 0 Å². The van der Waals surface area contributed by atoms with Crippen molar-refractivity contribution >= 4 is 28.5 Å². The van der Waals surface area contributed by atoms with Gasteiger partial charge in [-0.25, -0.2) is 9.78 Å². The highest BCUT2D eigenvalue weighted by molar-refractivity contribution is 5.98. The minimum atomic E-state index is -1.09. The lowest BCUT2D eigenvalue weighted by molar-refractivity contribution is -0.123. The second-order valence-corrected chi connectivity index (χ2v) is 5.01. The number of anilines is 1. The molecule has 3 rings (SSSR count). The van der Waals surface area contributed by atoms with Crippen molar-refractivity contribution in [2.45, 2.75) is 18.9 Å². The van der Waals surface area contributed by atoms with Gasteiger partial charge in [0, 0.05) is 17.6 Å². The van der Waals surface area contributed by atoms with Gasteiger partial charge in [0.05, 0.1) is 5.52 Å². The molecule has 1 atom stereocenters. The van der Waals surface area contributed by atoms with Gasteiger partial charge in [-0.3, -0.25) is 4.79 Å². The Morgan fingerprint density at radius 1 is 1.38 bits per heavy atom. The fraction of sp³-hybridized carbons (Fsp3) is 0.267. The molecular weight excluding hydrogens is 270 g/mol. The highest BCUT2D eigenvalue weighted by Gasteiger charge is 2.23. The van der Waals surface area contributed by atoms with Gasteiger partial charge in [-0.05, 0) is 25.0 Å². The number of rotatable bonds is 3. The number of carboxylic acid groups (broad SMARTS) is 1. The smallest absolute Gasteiger partial charge is 0.354 e. The van der Waals surface area contributed by atoms with Gasteiger partial charge in [-0.1, -0.05) is 18.2 Å². The van der Waals surface area contributed by atoms with Gasteiger partial charge in [0.15, 0.2) is 5.69 Å². The standard InChI is InChI=1S/C15H15N3O3/c19-14-11(6-3-7-16-14)18-12-8-13(15(20)21)17-10-5-2-1-4-9(10)12/h1-2,4-5,8,11H,3,6-7H2,(H,16,19)(H,17,18)(H,20,21). The number of pyridine rings is 1. The summed E-state index contributed by atoms with van der Waals surface area (Å²) in [6.07, 6.45) is 1.63. The molecule has 2 aromatic rings. The van der Waals surface area contributed by atoms with Gasteiger partial charge in [-0.15, -0.1) is 0 Å². The highest BCUT2D eigenvalue weighted by Crippen LogP contribution is 2.25. The average molecular weight is 285 g/mol. The molecule has 6 heteroatoms. The van der Waals surface area contributed by atoms with E-state index in [4.69, 9.17) is 5.11 Å². The van der Waals surface area contributed by atoms with Crippen LogP contribution >= 0.6 is 0 Å². The first kappa shape index (κ1) is 13.4. The van der Waals surface area contributed by atoms with Crippen molar-refractivity contribution in [3.8, 4) is 0 Å². The van der Waals surface area contributed by atoms with Crippen molar-refractivity contribution in [1.82, 2.24) is 10.3 Å². The van der Waals surface area contributed by atoms with Crippen LogP contribution in [0.4, 0.5) is 5.69 Å². The van der Waals surface area contributed by atoms with E-state index in [9.17, 15) is 9.59 Å². The first-order valence-electron chi connectivity index (χ1n) is 6.82. The Morgan fingerprint density at radius 3 is 2.95 bits per heavy atom. The molecular formula is C15H15N3O3. The lowest BCUT2D eigenvalue weighted by atomic mass is 10.1. The van der Waals surface area contributed by atoms with Crippen LogP contribution in [0.2, 0.25) is 0 Å². The van der Waals surface area contributed by atoms with Crippen LogP contribution in [0.25, 0.3) is 10.9 Å². The van der Waals surface area contributed by atoms with E-state index in [2.05, 4.69) is 15.6 Å². The number of nitrogens with one attached hydrogen (secondary N) is 2. The van der Waals surface area contributed by atoms with E-state index >= 15 is 0 Å². The second kappa shape index (κ2) is 5.40. The predicted octanol–water partition coefficient (Wildman–Crippen LogP) is 1.62. The zero-order chi connectivity index (χ0) is 14.8. The number of piperidine rings is 1. The summed E-state index contributed by atoms with van der Waals surface area (Å²) < 4.78 is 0. The second-order valence-electron chi connectivity index (χ2n) is 5.01. The molecule has 108 valence electrons. The molecule has 1 amide bonds. The molecule has 0 aliphatic carbocycles. The molecule has 0 spiro atoms. The summed E-state index contributed by atoms with van der Waals surface area (Å²) in [7, 11) is 0. The summed E-state index contributed by atoms with van der Waals surface area (Å²) in [5.41, 5.74) is 1.18. The number of carbonyl (C=O) groups excluding carboxylic acids is 1. The van der Waals surface area contributed by atoms with Gasteiger partial charge in [0.25, 0.3) is 0 Å². The number of amides is 1. The Labute approximate surface area is 121 Å². The van der Waals surface area contributed by atoms with Crippen LogP contribution in [0, 0.1) is 0 Å². The van der Waals surface area contributed by atoms with E-state index in [1.54, 1.807) is 12.1 Å². The Morgan fingerprint density at radius 2 is 2.19 bits per heavy atom. The molecule has 1 aliphatic rings. The summed E-state index contributed by atoms with van der Waals surface area (Å²) in [6, 6.07) is 8.41. The third-order valence-electron chi connectivity index (χ3n) is 3.55. The van der Waals surface area contributed by atoms with E-state index in [-0.39, 0.29) is 17.6 Å². The molecule has 2 heterocycles. The number of para-hydroxylation sites is 1. The number of carbonyl (C=O) groups is 2. The molecule has 0 bridgehead atoms. The van der Waals surface area contributed by atoms with E-state index in [0.717, 1.165) is 18.2 Å².